The summed E-state index contributed by atoms with van der Waals surface area (Å²) in [4.78, 5) is 14.1. The molecule has 1 aromatic carbocycles. The minimum Gasteiger partial charge on any atom is -0.391 e. The first-order chi connectivity index (χ1) is 8.08. The Bertz CT molecular complexity index is 439. The molecule has 0 saturated carbocycles. The molecule has 1 aromatic rings. The van der Waals surface area contributed by atoms with E-state index in [0.717, 1.165) is 6.42 Å². The number of hydrogen-bond donors (Lipinski definition) is 2. The fraction of sp³-hybridized carbons (Fsp3) is 0.417. The van der Waals surface area contributed by atoms with Gasteiger partial charge in [0.2, 0.25) is 0 Å². The number of likely N-dealkylation sites (tertiary alicyclic amines) is 1. The molecule has 1 fully saturated rings. The summed E-state index contributed by atoms with van der Waals surface area (Å²) in [6.07, 6.45) is 0.934. The van der Waals surface area contributed by atoms with Crippen LogP contribution in [0, 0.1) is 5.82 Å². The number of β-amino-alcohol motifs (C(OH)–C–C–N with tert-alkyl or cyclic N) is 1. The van der Waals surface area contributed by atoms with Crippen molar-refractivity contribution in [1.29, 1.82) is 0 Å². The summed E-state index contributed by atoms with van der Waals surface area (Å²) in [6, 6.07) is 4.15. The first-order valence-corrected chi connectivity index (χ1v) is 5.98. The predicted molar refractivity (Wildman–Crippen MR) is 64.8 cm³/mol. The van der Waals surface area contributed by atoms with E-state index in [1.807, 2.05) is 0 Å². The summed E-state index contributed by atoms with van der Waals surface area (Å²) in [7, 11) is 0. The van der Waals surface area contributed by atoms with E-state index in [1.165, 1.54) is 23.1 Å². The van der Waals surface area contributed by atoms with Crippen LogP contribution in [-0.4, -0.2) is 35.1 Å². The SMILES string of the molecule is O=C(c1cc(S)ccc1F)N1CCCC(O)C1. The van der Waals surface area contributed by atoms with Gasteiger partial charge in [0.1, 0.15) is 5.82 Å². The lowest BCUT2D eigenvalue weighted by Crippen LogP contribution is -2.42. The van der Waals surface area contributed by atoms with Gasteiger partial charge in [0.05, 0.1) is 11.7 Å². The van der Waals surface area contributed by atoms with Gasteiger partial charge < -0.3 is 10.0 Å². The number of thiol groups is 1. The van der Waals surface area contributed by atoms with E-state index < -0.39 is 11.9 Å². The Labute approximate surface area is 105 Å². The minimum atomic E-state index is -0.548. The molecule has 1 unspecified atom stereocenters. The van der Waals surface area contributed by atoms with E-state index in [1.54, 1.807) is 0 Å². The standard InChI is InChI=1S/C12H14FNO2S/c13-11-4-3-9(17)6-10(11)12(16)14-5-1-2-8(15)7-14/h3-4,6,8,15,17H,1-2,5,7H2. The number of carbonyl (C=O) groups excluding carboxylic acids is 1. The number of rotatable bonds is 1. The molecule has 1 aliphatic heterocycles. The lowest BCUT2D eigenvalue weighted by atomic mass is 10.1. The second-order valence-electron chi connectivity index (χ2n) is 4.21. The van der Waals surface area contributed by atoms with E-state index in [0.29, 0.717) is 17.9 Å². The lowest BCUT2D eigenvalue weighted by molar-refractivity contribution is 0.0469. The molecule has 3 nitrogen and oxygen atoms in total. The number of piperidine rings is 1. The van der Waals surface area contributed by atoms with Crippen LogP contribution in [0.25, 0.3) is 0 Å². The molecule has 0 bridgehead atoms. The summed E-state index contributed by atoms with van der Waals surface area (Å²) in [5, 5.41) is 9.50. The predicted octanol–water partition coefficient (Wildman–Crippen LogP) is 1.71. The average molecular weight is 255 g/mol. The number of halogens is 1. The largest absolute Gasteiger partial charge is 0.391 e. The van der Waals surface area contributed by atoms with E-state index in [-0.39, 0.29) is 18.0 Å². The highest BCUT2D eigenvalue weighted by molar-refractivity contribution is 7.80. The first-order valence-electron chi connectivity index (χ1n) is 5.54. The Morgan fingerprint density at radius 3 is 3.00 bits per heavy atom. The van der Waals surface area contributed by atoms with Gasteiger partial charge in [-0.1, -0.05) is 0 Å². The molecule has 92 valence electrons. The molecule has 0 radical (unpaired) electrons. The number of amides is 1. The maximum absolute atomic E-state index is 13.5. The Morgan fingerprint density at radius 1 is 1.53 bits per heavy atom. The Morgan fingerprint density at radius 2 is 2.29 bits per heavy atom. The smallest absolute Gasteiger partial charge is 0.256 e. The van der Waals surface area contributed by atoms with Gasteiger partial charge in [0.15, 0.2) is 0 Å². The van der Waals surface area contributed by atoms with Crippen molar-refractivity contribution < 1.29 is 14.3 Å². The van der Waals surface area contributed by atoms with Crippen molar-refractivity contribution in [1.82, 2.24) is 4.90 Å². The van der Waals surface area contributed by atoms with Crippen molar-refractivity contribution in [2.24, 2.45) is 0 Å². The number of benzene rings is 1. The highest BCUT2D eigenvalue weighted by Crippen LogP contribution is 2.18. The monoisotopic (exact) mass is 255 g/mol. The van der Waals surface area contributed by atoms with Gasteiger partial charge >= 0.3 is 0 Å². The fourth-order valence-electron chi connectivity index (χ4n) is 1.99. The van der Waals surface area contributed by atoms with Gasteiger partial charge in [-0.2, -0.15) is 0 Å². The molecule has 0 spiro atoms. The van der Waals surface area contributed by atoms with Crippen LogP contribution in [0.1, 0.15) is 23.2 Å². The number of carbonyl (C=O) groups is 1. The second kappa shape index (κ2) is 5.06. The Hall–Kier alpha value is -1.07. The zero-order valence-corrected chi connectivity index (χ0v) is 10.2. The van der Waals surface area contributed by atoms with Crippen LogP contribution >= 0.6 is 12.6 Å². The third kappa shape index (κ3) is 2.79. The normalized spacial score (nSPS) is 20.4. The summed E-state index contributed by atoms with van der Waals surface area (Å²) >= 11 is 4.09. The Balaban J connectivity index is 2.21. The van der Waals surface area contributed by atoms with Gasteiger partial charge in [-0.25, -0.2) is 4.39 Å². The zero-order chi connectivity index (χ0) is 12.4. The molecule has 0 aromatic heterocycles. The van der Waals surface area contributed by atoms with Crippen molar-refractivity contribution in [3.63, 3.8) is 0 Å². The van der Waals surface area contributed by atoms with Crippen LogP contribution in [0.2, 0.25) is 0 Å². The molecule has 0 aliphatic carbocycles. The third-order valence-electron chi connectivity index (χ3n) is 2.86. The van der Waals surface area contributed by atoms with Crippen LogP contribution in [0.3, 0.4) is 0 Å². The van der Waals surface area contributed by atoms with Gasteiger partial charge in [-0.3, -0.25) is 4.79 Å². The lowest BCUT2D eigenvalue weighted by Gasteiger charge is -2.30. The average Bonchev–Trinajstić information content (AvgIpc) is 2.31. The topological polar surface area (TPSA) is 40.5 Å². The van der Waals surface area contributed by atoms with Crippen LogP contribution in [-0.2, 0) is 0 Å². The van der Waals surface area contributed by atoms with E-state index in [9.17, 15) is 14.3 Å². The van der Waals surface area contributed by atoms with E-state index in [4.69, 9.17) is 0 Å². The van der Waals surface area contributed by atoms with Crippen LogP contribution in [0.4, 0.5) is 4.39 Å². The molecule has 1 aliphatic rings. The first kappa shape index (κ1) is 12.4. The van der Waals surface area contributed by atoms with Gasteiger partial charge in [0, 0.05) is 18.0 Å². The fourth-order valence-corrected chi connectivity index (χ4v) is 2.19. The molecule has 1 atom stereocenters. The van der Waals surface area contributed by atoms with Crippen molar-refractivity contribution in [2.75, 3.05) is 13.1 Å². The third-order valence-corrected chi connectivity index (χ3v) is 3.14. The summed E-state index contributed by atoms with van der Waals surface area (Å²) in [5.41, 5.74) is 0.0200. The van der Waals surface area contributed by atoms with Crippen LogP contribution < -0.4 is 0 Å². The highest BCUT2D eigenvalue weighted by atomic mass is 32.1. The van der Waals surface area contributed by atoms with Crippen molar-refractivity contribution in [2.45, 2.75) is 23.8 Å². The van der Waals surface area contributed by atoms with Gasteiger partial charge in [-0.15, -0.1) is 12.6 Å². The summed E-state index contributed by atoms with van der Waals surface area (Å²) in [5.74, 6) is -0.926. The molecule has 17 heavy (non-hydrogen) atoms. The molecule has 1 amide bonds. The van der Waals surface area contributed by atoms with Crippen LogP contribution in [0.15, 0.2) is 23.1 Å². The van der Waals surface area contributed by atoms with Gasteiger partial charge in [0.25, 0.3) is 5.91 Å². The maximum atomic E-state index is 13.5. The number of aliphatic hydroxyl groups is 1. The molecule has 2 rings (SSSR count). The molecular weight excluding hydrogens is 241 g/mol. The number of aliphatic hydroxyl groups excluding tert-OH is 1. The second-order valence-corrected chi connectivity index (χ2v) is 4.73. The maximum Gasteiger partial charge on any atom is 0.256 e. The quantitative estimate of drug-likeness (QED) is 0.750. The van der Waals surface area contributed by atoms with Crippen LogP contribution in [0.5, 0.6) is 0 Å². The van der Waals surface area contributed by atoms with Crippen molar-refractivity contribution >= 4 is 18.5 Å². The molecule has 1 saturated heterocycles. The Kier molecular flexibility index (Phi) is 3.69. The molecule has 1 N–H and O–H groups in total. The number of nitrogens with zero attached hydrogens (tertiary/aromatic N) is 1. The van der Waals surface area contributed by atoms with E-state index in [2.05, 4.69) is 12.6 Å². The highest BCUT2D eigenvalue weighted by Gasteiger charge is 2.24. The molecular formula is C12H14FNO2S. The molecule has 5 heteroatoms. The molecule has 1 heterocycles. The van der Waals surface area contributed by atoms with Crippen molar-refractivity contribution in [3.05, 3.63) is 29.6 Å². The van der Waals surface area contributed by atoms with Crippen molar-refractivity contribution in [3.8, 4) is 0 Å². The number of hydrogen-bond acceptors (Lipinski definition) is 3. The summed E-state index contributed by atoms with van der Waals surface area (Å²) in [6.45, 7) is 0.835. The zero-order valence-electron chi connectivity index (χ0n) is 9.27. The van der Waals surface area contributed by atoms with Gasteiger partial charge in [-0.05, 0) is 31.0 Å². The summed E-state index contributed by atoms with van der Waals surface area (Å²) < 4.78 is 13.5. The van der Waals surface area contributed by atoms with E-state index >= 15 is 0 Å². The minimum absolute atomic E-state index is 0.0200.